The van der Waals surface area contributed by atoms with Crippen LogP contribution in [0.3, 0.4) is 0 Å². The van der Waals surface area contributed by atoms with Crippen LogP contribution in [0, 0.1) is 0 Å². The van der Waals surface area contributed by atoms with Crippen molar-refractivity contribution >= 4 is 51.1 Å². The van der Waals surface area contributed by atoms with E-state index in [0.29, 0.717) is 32.8 Å². The van der Waals surface area contributed by atoms with Gasteiger partial charge in [0.15, 0.2) is 11.5 Å². The molecule has 0 aliphatic heterocycles. The highest BCUT2D eigenvalue weighted by Gasteiger charge is 2.17. The SMILES string of the molecule is O=C(NCc1ccccc1)c1cccc(OCI)c1OCI. The van der Waals surface area contributed by atoms with Crippen LogP contribution in [0.2, 0.25) is 0 Å². The van der Waals surface area contributed by atoms with E-state index in [1.165, 1.54) is 0 Å². The van der Waals surface area contributed by atoms with Crippen molar-refractivity contribution in [1.82, 2.24) is 5.32 Å². The highest BCUT2D eigenvalue weighted by molar-refractivity contribution is 14.1. The number of hydrogen-bond acceptors (Lipinski definition) is 3. The summed E-state index contributed by atoms with van der Waals surface area (Å²) in [7, 11) is 0. The molecule has 0 atom stereocenters. The number of amides is 1. The first-order valence-corrected chi connectivity index (χ1v) is 9.64. The Bertz CT molecular complexity index is 620. The molecule has 0 bridgehead atoms. The third-order valence-corrected chi connectivity index (χ3v) is 3.55. The molecule has 4 nitrogen and oxygen atoms in total. The number of alkyl halides is 2. The summed E-state index contributed by atoms with van der Waals surface area (Å²) in [5.74, 6) is 0.889. The number of ether oxygens (including phenoxy) is 2. The van der Waals surface area contributed by atoms with Crippen molar-refractivity contribution < 1.29 is 14.3 Å². The molecule has 116 valence electrons. The third-order valence-electron chi connectivity index (χ3n) is 2.93. The van der Waals surface area contributed by atoms with Gasteiger partial charge in [-0.25, -0.2) is 0 Å². The number of carbonyl (C=O) groups is 1. The Hall–Kier alpha value is -1.03. The van der Waals surface area contributed by atoms with Crippen LogP contribution in [0.15, 0.2) is 48.5 Å². The van der Waals surface area contributed by atoms with E-state index >= 15 is 0 Å². The Kier molecular flexibility index (Phi) is 7.23. The molecule has 0 saturated heterocycles. The molecule has 6 heteroatoms. The summed E-state index contributed by atoms with van der Waals surface area (Å²) in [6, 6.07) is 15.1. The first kappa shape index (κ1) is 17.3. The van der Waals surface area contributed by atoms with Crippen molar-refractivity contribution in [3.05, 3.63) is 59.7 Å². The topological polar surface area (TPSA) is 47.6 Å². The maximum Gasteiger partial charge on any atom is 0.255 e. The van der Waals surface area contributed by atoms with Gasteiger partial charge in [0.05, 0.1) is 5.56 Å². The largest absolute Gasteiger partial charge is 0.479 e. The second-order valence-corrected chi connectivity index (χ2v) is 5.55. The molecule has 0 saturated carbocycles. The van der Waals surface area contributed by atoms with Crippen molar-refractivity contribution in [3.8, 4) is 11.5 Å². The highest BCUT2D eigenvalue weighted by Crippen LogP contribution is 2.32. The molecule has 0 spiro atoms. The van der Waals surface area contributed by atoms with Crippen LogP contribution in [0.1, 0.15) is 15.9 Å². The molecule has 0 fully saturated rings. The lowest BCUT2D eigenvalue weighted by Crippen LogP contribution is -2.23. The number of hydrogen-bond donors (Lipinski definition) is 1. The minimum atomic E-state index is -0.178. The zero-order chi connectivity index (χ0) is 15.8. The van der Waals surface area contributed by atoms with E-state index in [1.807, 2.05) is 30.3 Å². The van der Waals surface area contributed by atoms with Crippen LogP contribution in [0.5, 0.6) is 11.5 Å². The molecular formula is C16H15I2NO3. The molecule has 0 radical (unpaired) electrons. The molecule has 1 amide bonds. The van der Waals surface area contributed by atoms with Gasteiger partial charge in [0, 0.05) is 6.54 Å². The van der Waals surface area contributed by atoms with Gasteiger partial charge in [0.1, 0.15) is 9.23 Å². The number of nitrogens with one attached hydrogen (secondary N) is 1. The monoisotopic (exact) mass is 523 g/mol. The molecule has 0 unspecified atom stereocenters. The molecular weight excluding hydrogens is 508 g/mol. The normalized spacial score (nSPS) is 10.1. The lowest BCUT2D eigenvalue weighted by molar-refractivity contribution is 0.0947. The van der Waals surface area contributed by atoms with Gasteiger partial charge in [0.2, 0.25) is 0 Å². The zero-order valence-electron chi connectivity index (χ0n) is 11.7. The second-order valence-electron chi connectivity index (χ2n) is 4.31. The van der Waals surface area contributed by atoms with Crippen LogP contribution < -0.4 is 14.8 Å². The van der Waals surface area contributed by atoms with Crippen molar-refractivity contribution in [1.29, 1.82) is 0 Å². The average molecular weight is 523 g/mol. The highest BCUT2D eigenvalue weighted by atomic mass is 127. The fourth-order valence-electron chi connectivity index (χ4n) is 1.94. The Labute approximate surface area is 156 Å². The fraction of sp³-hybridized carbons (Fsp3) is 0.188. The summed E-state index contributed by atoms with van der Waals surface area (Å²) < 4.78 is 12.0. The maximum atomic E-state index is 12.4. The van der Waals surface area contributed by atoms with Gasteiger partial charge in [0.25, 0.3) is 5.91 Å². The smallest absolute Gasteiger partial charge is 0.255 e. The summed E-state index contributed by atoms with van der Waals surface area (Å²) >= 11 is 4.20. The number of para-hydroxylation sites is 1. The van der Waals surface area contributed by atoms with Crippen LogP contribution >= 0.6 is 45.2 Å². The van der Waals surface area contributed by atoms with Crippen molar-refractivity contribution in [2.24, 2.45) is 0 Å². The minimum Gasteiger partial charge on any atom is -0.479 e. The van der Waals surface area contributed by atoms with Crippen LogP contribution in [-0.2, 0) is 6.54 Å². The molecule has 2 aromatic rings. The average Bonchev–Trinajstić information content (AvgIpc) is 2.55. The van der Waals surface area contributed by atoms with Gasteiger partial charge in [-0.05, 0) is 62.9 Å². The second kappa shape index (κ2) is 9.19. The Morgan fingerprint density at radius 3 is 2.36 bits per heavy atom. The minimum absolute atomic E-state index is 0.178. The molecule has 2 rings (SSSR count). The van der Waals surface area contributed by atoms with E-state index in [1.54, 1.807) is 18.2 Å². The number of rotatable bonds is 7. The molecule has 2 aromatic carbocycles. The standard InChI is InChI=1S/C16H15I2NO3/c17-10-21-14-8-4-7-13(15(14)22-11-18)16(20)19-9-12-5-2-1-3-6-12/h1-8H,9-11H2,(H,19,20). The van der Waals surface area contributed by atoms with Crippen molar-refractivity contribution in [2.45, 2.75) is 6.54 Å². The number of halogens is 2. The third kappa shape index (κ3) is 4.73. The van der Waals surface area contributed by atoms with Crippen LogP contribution in [0.4, 0.5) is 0 Å². The van der Waals surface area contributed by atoms with Crippen LogP contribution in [0.25, 0.3) is 0 Å². The summed E-state index contributed by atoms with van der Waals surface area (Å²) in [6.45, 7) is 0.473. The van der Waals surface area contributed by atoms with E-state index in [2.05, 4.69) is 50.5 Å². The van der Waals surface area contributed by atoms with E-state index < -0.39 is 0 Å². The molecule has 0 aliphatic rings. The van der Waals surface area contributed by atoms with Gasteiger partial charge in [-0.15, -0.1) is 0 Å². The molecule has 0 aliphatic carbocycles. The van der Waals surface area contributed by atoms with Gasteiger partial charge >= 0.3 is 0 Å². The summed E-state index contributed by atoms with van der Waals surface area (Å²) in [5, 5.41) is 2.90. The Morgan fingerprint density at radius 1 is 0.955 bits per heavy atom. The zero-order valence-corrected chi connectivity index (χ0v) is 16.0. The molecule has 22 heavy (non-hydrogen) atoms. The lowest BCUT2D eigenvalue weighted by Gasteiger charge is -2.14. The van der Waals surface area contributed by atoms with Gasteiger partial charge in [-0.1, -0.05) is 36.4 Å². The number of benzene rings is 2. The number of carbonyl (C=O) groups excluding carboxylic acids is 1. The Morgan fingerprint density at radius 2 is 1.68 bits per heavy atom. The van der Waals surface area contributed by atoms with Gasteiger partial charge in [-0.3, -0.25) is 4.79 Å². The quantitative estimate of drug-likeness (QED) is 0.439. The maximum absolute atomic E-state index is 12.4. The Balaban J connectivity index is 2.15. The predicted molar refractivity (Wildman–Crippen MR) is 103 cm³/mol. The van der Waals surface area contributed by atoms with Crippen molar-refractivity contribution in [2.75, 3.05) is 9.23 Å². The van der Waals surface area contributed by atoms with Gasteiger partial charge in [-0.2, -0.15) is 0 Å². The molecule has 0 aromatic heterocycles. The predicted octanol–water partition coefficient (Wildman–Crippen LogP) is 4.16. The molecule has 0 heterocycles. The van der Waals surface area contributed by atoms with E-state index in [0.717, 1.165) is 5.56 Å². The summed E-state index contributed by atoms with van der Waals surface area (Å²) in [4.78, 5) is 12.4. The van der Waals surface area contributed by atoms with E-state index in [4.69, 9.17) is 9.47 Å². The van der Waals surface area contributed by atoms with Crippen LogP contribution in [-0.4, -0.2) is 15.1 Å². The van der Waals surface area contributed by atoms with Crippen molar-refractivity contribution in [3.63, 3.8) is 0 Å². The first-order valence-electron chi connectivity index (χ1n) is 6.59. The summed E-state index contributed by atoms with van der Waals surface area (Å²) in [5.41, 5.74) is 1.53. The van der Waals surface area contributed by atoms with E-state index in [9.17, 15) is 4.79 Å². The first-order chi connectivity index (χ1) is 10.8. The van der Waals surface area contributed by atoms with E-state index in [-0.39, 0.29) is 5.91 Å². The fourth-order valence-corrected chi connectivity index (χ4v) is 2.59. The lowest BCUT2D eigenvalue weighted by atomic mass is 10.1. The molecule has 1 N–H and O–H groups in total. The van der Waals surface area contributed by atoms with Gasteiger partial charge < -0.3 is 14.8 Å². The summed E-state index contributed by atoms with van der Waals surface area (Å²) in [6.07, 6.45) is 0.